The van der Waals surface area contributed by atoms with Crippen molar-refractivity contribution in [3.63, 3.8) is 0 Å². The van der Waals surface area contributed by atoms with Crippen molar-refractivity contribution >= 4 is 21.4 Å². The van der Waals surface area contributed by atoms with Gasteiger partial charge >= 0.3 is 0 Å². The molecular weight excluding hydrogens is 362 g/mol. The molecule has 6 nitrogen and oxygen atoms in total. The lowest BCUT2D eigenvalue weighted by molar-refractivity contribution is -0.120. The number of hydrogen-bond acceptors (Lipinski definition) is 5. The van der Waals surface area contributed by atoms with Gasteiger partial charge in [0, 0.05) is 44.5 Å². The van der Waals surface area contributed by atoms with Gasteiger partial charge in [-0.1, -0.05) is 29.8 Å². The third kappa shape index (κ3) is 4.78. The predicted molar refractivity (Wildman–Crippen MR) is 109 cm³/mol. The monoisotopic (exact) mass is 391 g/mol. The van der Waals surface area contributed by atoms with Gasteiger partial charge in [0.2, 0.25) is 5.91 Å². The van der Waals surface area contributed by atoms with Gasteiger partial charge in [0.25, 0.3) is 0 Å². The molecule has 2 fully saturated rings. The fourth-order valence-electron chi connectivity index (χ4n) is 3.89. The minimum atomic E-state index is -3.07. The molecule has 0 bridgehead atoms. The number of amides is 1. The van der Waals surface area contributed by atoms with Gasteiger partial charge in [-0.2, -0.15) is 0 Å². The summed E-state index contributed by atoms with van der Waals surface area (Å²) in [5.74, 6) is 0.320. The Morgan fingerprint density at radius 2 is 1.70 bits per heavy atom. The highest BCUT2D eigenvalue weighted by molar-refractivity contribution is 7.91. The van der Waals surface area contributed by atoms with Crippen molar-refractivity contribution in [3.8, 4) is 0 Å². The van der Waals surface area contributed by atoms with Gasteiger partial charge in [0.1, 0.15) is 0 Å². The summed E-state index contributed by atoms with van der Waals surface area (Å²) in [6.07, 6.45) is 2.14. The summed E-state index contributed by atoms with van der Waals surface area (Å²) < 4.78 is 24.6. The lowest BCUT2D eigenvalue weighted by Crippen LogP contribution is -2.60. The van der Waals surface area contributed by atoms with E-state index in [0.29, 0.717) is 6.54 Å². The zero-order chi connectivity index (χ0) is 19.6. The minimum absolute atomic E-state index is 0.0120. The second-order valence-electron chi connectivity index (χ2n) is 7.75. The topological polar surface area (TPSA) is 60.9 Å². The lowest BCUT2D eigenvalue weighted by Gasteiger charge is -2.43. The minimum Gasteiger partial charge on any atom is -0.314 e. The first-order chi connectivity index (χ1) is 12.8. The number of carbonyl (C=O) groups is 1. The number of carbonyl (C=O) groups excluding carboxylic acids is 1. The summed E-state index contributed by atoms with van der Waals surface area (Å²) in [6, 6.07) is 9.38. The number of anilines is 1. The van der Waals surface area contributed by atoms with Crippen LogP contribution in [0.3, 0.4) is 0 Å². The molecule has 0 unspecified atom stereocenters. The van der Waals surface area contributed by atoms with Gasteiger partial charge in [-0.05, 0) is 26.0 Å². The van der Waals surface area contributed by atoms with Crippen LogP contribution in [0.1, 0.15) is 13.8 Å². The van der Waals surface area contributed by atoms with E-state index >= 15 is 0 Å². The number of piperazine rings is 1. The molecule has 1 amide bonds. The molecule has 27 heavy (non-hydrogen) atoms. The van der Waals surface area contributed by atoms with Crippen molar-refractivity contribution in [3.05, 3.63) is 42.0 Å². The molecule has 1 aromatic carbocycles. The third-order valence-electron chi connectivity index (χ3n) is 5.50. The summed E-state index contributed by atoms with van der Waals surface area (Å²) in [4.78, 5) is 18.7. The zero-order valence-electron chi connectivity index (χ0n) is 16.3. The maximum Gasteiger partial charge on any atom is 0.240 e. The van der Waals surface area contributed by atoms with E-state index in [1.54, 1.807) is 11.9 Å². The Kier molecular flexibility index (Phi) is 6.03. The van der Waals surface area contributed by atoms with Crippen molar-refractivity contribution < 1.29 is 13.2 Å². The summed E-state index contributed by atoms with van der Waals surface area (Å²) in [5.41, 5.74) is 2.08. The Hall–Kier alpha value is -1.70. The molecule has 0 spiro atoms. The van der Waals surface area contributed by atoms with E-state index < -0.39 is 9.84 Å². The summed E-state index contributed by atoms with van der Waals surface area (Å²) in [6.45, 7) is 6.61. The maximum absolute atomic E-state index is 12.8. The fourth-order valence-corrected chi connectivity index (χ4v) is 5.94. The number of likely N-dealkylation sites (N-methyl/N-ethyl adjacent to an activating group) is 1. The molecule has 0 N–H and O–H groups in total. The van der Waals surface area contributed by atoms with Gasteiger partial charge in [-0.25, -0.2) is 8.42 Å². The number of allylic oxidation sites excluding steroid dienone is 1. The SMILES string of the molecule is CC(C)=CCN1CCN(CC(=O)N(C)c2ccccc2)[C@H]2CS(=O)(=O)C[C@H]21. The van der Waals surface area contributed by atoms with Crippen LogP contribution in [0.15, 0.2) is 42.0 Å². The van der Waals surface area contributed by atoms with Crippen molar-refractivity contribution in [1.29, 1.82) is 0 Å². The first-order valence-electron chi connectivity index (χ1n) is 9.40. The smallest absolute Gasteiger partial charge is 0.240 e. The zero-order valence-corrected chi connectivity index (χ0v) is 17.2. The molecule has 2 aliphatic heterocycles. The lowest BCUT2D eigenvalue weighted by atomic mass is 10.0. The second-order valence-corrected chi connectivity index (χ2v) is 9.90. The first kappa shape index (κ1) is 20.0. The van der Waals surface area contributed by atoms with Crippen molar-refractivity contribution in [2.24, 2.45) is 0 Å². The van der Waals surface area contributed by atoms with Crippen LogP contribution in [-0.4, -0.2) is 80.9 Å². The van der Waals surface area contributed by atoms with E-state index in [2.05, 4.69) is 29.7 Å². The first-order valence-corrected chi connectivity index (χ1v) is 11.2. The highest BCUT2D eigenvalue weighted by Gasteiger charge is 2.46. The third-order valence-corrected chi connectivity index (χ3v) is 7.19. The Balaban J connectivity index is 1.71. The van der Waals surface area contributed by atoms with Gasteiger partial charge in [-0.3, -0.25) is 14.6 Å². The normalized spacial score (nSPS) is 25.0. The summed E-state index contributed by atoms with van der Waals surface area (Å²) in [5, 5.41) is 0. The van der Waals surface area contributed by atoms with Crippen molar-refractivity contribution in [1.82, 2.24) is 9.80 Å². The van der Waals surface area contributed by atoms with Crippen LogP contribution in [0.25, 0.3) is 0 Å². The van der Waals surface area contributed by atoms with E-state index in [9.17, 15) is 13.2 Å². The number of hydrogen-bond donors (Lipinski definition) is 0. The molecular formula is C20H29N3O3S. The average Bonchev–Trinajstić information content (AvgIpc) is 2.96. The molecule has 2 heterocycles. The molecule has 0 radical (unpaired) electrons. The molecule has 0 saturated carbocycles. The second kappa shape index (κ2) is 8.12. The molecule has 2 atom stereocenters. The highest BCUT2D eigenvalue weighted by atomic mass is 32.2. The van der Waals surface area contributed by atoms with Crippen molar-refractivity contribution in [2.75, 3.05) is 49.6 Å². The average molecular weight is 392 g/mol. The Morgan fingerprint density at radius 1 is 1.11 bits per heavy atom. The predicted octanol–water partition coefficient (Wildman–Crippen LogP) is 1.40. The van der Waals surface area contributed by atoms with Gasteiger partial charge in [-0.15, -0.1) is 0 Å². The molecule has 1 aromatic rings. The van der Waals surface area contributed by atoms with E-state index in [-0.39, 0.29) is 36.0 Å². The number of rotatable bonds is 5. The molecule has 148 valence electrons. The van der Waals surface area contributed by atoms with E-state index in [0.717, 1.165) is 18.8 Å². The molecule has 2 saturated heterocycles. The molecule has 0 aromatic heterocycles. The highest BCUT2D eigenvalue weighted by Crippen LogP contribution is 2.27. The van der Waals surface area contributed by atoms with E-state index in [1.165, 1.54) is 5.57 Å². The molecule has 2 aliphatic rings. The maximum atomic E-state index is 12.8. The van der Waals surface area contributed by atoms with Gasteiger partial charge in [0.15, 0.2) is 9.84 Å². The van der Waals surface area contributed by atoms with Crippen LogP contribution < -0.4 is 4.90 Å². The van der Waals surface area contributed by atoms with Crippen LogP contribution in [0.5, 0.6) is 0 Å². The molecule has 3 rings (SSSR count). The van der Waals surface area contributed by atoms with E-state index in [1.807, 2.05) is 30.3 Å². The van der Waals surface area contributed by atoms with Crippen LogP contribution in [-0.2, 0) is 14.6 Å². The number of sulfone groups is 1. The Morgan fingerprint density at radius 3 is 2.33 bits per heavy atom. The quantitative estimate of drug-likeness (QED) is 0.710. The number of fused-ring (bicyclic) bond motifs is 1. The van der Waals surface area contributed by atoms with Gasteiger partial charge < -0.3 is 4.90 Å². The Bertz CT molecular complexity index is 803. The van der Waals surface area contributed by atoms with Crippen LogP contribution >= 0.6 is 0 Å². The standard InChI is InChI=1S/C20H29N3O3S/c1-16(2)9-10-22-11-12-23(19-15-27(25,26)14-18(19)22)13-20(24)21(3)17-7-5-4-6-8-17/h4-9,18-19H,10-15H2,1-3H3/t18-,19+/m1/s1. The molecule has 7 heteroatoms. The fraction of sp³-hybridized carbons (Fsp3) is 0.550. The number of benzene rings is 1. The molecule has 0 aliphatic carbocycles. The summed E-state index contributed by atoms with van der Waals surface area (Å²) in [7, 11) is -1.30. The number of nitrogens with zero attached hydrogens (tertiary/aromatic N) is 3. The van der Waals surface area contributed by atoms with Crippen LogP contribution in [0, 0.1) is 0 Å². The van der Waals surface area contributed by atoms with Crippen molar-refractivity contribution in [2.45, 2.75) is 25.9 Å². The van der Waals surface area contributed by atoms with Crippen LogP contribution in [0.4, 0.5) is 5.69 Å². The van der Waals surface area contributed by atoms with Crippen LogP contribution in [0.2, 0.25) is 0 Å². The summed E-state index contributed by atoms with van der Waals surface area (Å²) >= 11 is 0. The Labute approximate surface area is 162 Å². The number of para-hydroxylation sites is 1. The largest absolute Gasteiger partial charge is 0.314 e. The van der Waals surface area contributed by atoms with Gasteiger partial charge in [0.05, 0.1) is 18.1 Å². The van der Waals surface area contributed by atoms with E-state index in [4.69, 9.17) is 0 Å².